The molecule has 1 aliphatic rings. The van der Waals surface area contributed by atoms with Crippen molar-refractivity contribution in [2.24, 2.45) is 0 Å². The molecule has 1 aliphatic heterocycles. The summed E-state index contributed by atoms with van der Waals surface area (Å²) in [5.74, 6) is -3.58. The third-order valence-electron chi connectivity index (χ3n) is 6.97. The minimum Gasteiger partial charge on any atom is -0.350 e. The van der Waals surface area contributed by atoms with E-state index >= 15 is 0 Å². The zero-order chi connectivity index (χ0) is 32.4. The van der Waals surface area contributed by atoms with Gasteiger partial charge in [-0.1, -0.05) is 0 Å². The van der Waals surface area contributed by atoms with Crippen molar-refractivity contribution < 1.29 is 53.1 Å². The Kier molecular flexibility index (Phi) is 10.1. The topological polar surface area (TPSA) is 237 Å². The Morgan fingerprint density at radius 3 is 1.74 bits per heavy atom. The predicted octanol–water partition coefficient (Wildman–Crippen LogP) is 0.658. The van der Waals surface area contributed by atoms with Gasteiger partial charge in [0.25, 0.3) is 42.2 Å². The van der Waals surface area contributed by atoms with Crippen LogP contribution < -0.4 is 10.6 Å². The van der Waals surface area contributed by atoms with E-state index in [1.807, 2.05) is 31.4 Å². The summed E-state index contributed by atoms with van der Waals surface area (Å²) in [4.78, 5) is 29.7. The maximum atomic E-state index is 12.8. The van der Waals surface area contributed by atoms with E-state index in [0.717, 1.165) is 17.0 Å². The van der Waals surface area contributed by atoms with Crippen LogP contribution in [0.25, 0.3) is 11.1 Å². The molecule has 236 valence electrons. The van der Waals surface area contributed by atoms with E-state index < -0.39 is 77.9 Å². The molecule has 15 nitrogen and oxygen atoms in total. The van der Waals surface area contributed by atoms with Crippen molar-refractivity contribution in [1.82, 2.24) is 15.6 Å². The van der Waals surface area contributed by atoms with Crippen LogP contribution >= 0.6 is 0 Å². The van der Waals surface area contributed by atoms with Gasteiger partial charge in [-0.2, -0.15) is 29.8 Å². The van der Waals surface area contributed by atoms with E-state index in [2.05, 4.69) is 15.6 Å². The normalized spacial score (nSPS) is 14.8. The van der Waals surface area contributed by atoms with E-state index in [-0.39, 0.29) is 17.8 Å². The van der Waals surface area contributed by atoms with Crippen molar-refractivity contribution in [2.45, 2.75) is 32.6 Å². The molecule has 43 heavy (non-hydrogen) atoms. The van der Waals surface area contributed by atoms with Gasteiger partial charge in [0.2, 0.25) is 5.69 Å². The average molecular weight is 662 g/mol. The number of hydrogen-bond acceptors (Lipinski definition) is 9. The molecule has 1 aromatic heterocycles. The zero-order valence-corrected chi connectivity index (χ0v) is 26.0. The summed E-state index contributed by atoms with van der Waals surface area (Å²) in [6.45, 7) is 5.32. The van der Waals surface area contributed by atoms with Gasteiger partial charge in [-0.25, -0.2) is 4.98 Å². The summed E-state index contributed by atoms with van der Waals surface area (Å²) in [6, 6.07) is 8.12. The molecule has 18 heteroatoms. The maximum Gasteiger partial charge on any atom is 0.269 e. The van der Waals surface area contributed by atoms with Gasteiger partial charge in [0.05, 0.1) is 22.7 Å². The number of rotatable bonds is 13. The second-order valence-corrected chi connectivity index (χ2v) is 15.2. The fourth-order valence-corrected chi connectivity index (χ4v) is 5.77. The van der Waals surface area contributed by atoms with Gasteiger partial charge in [-0.15, -0.1) is 0 Å². The van der Waals surface area contributed by atoms with Crippen LogP contribution in [0.5, 0.6) is 0 Å². The molecule has 5 N–H and O–H groups in total. The summed E-state index contributed by atoms with van der Waals surface area (Å²) >= 11 is 0. The summed E-state index contributed by atoms with van der Waals surface area (Å²) in [5.41, 5.74) is 2.53. The largest absolute Gasteiger partial charge is 0.350 e. The molecule has 0 saturated heterocycles. The molecule has 2 amide bonds. The van der Waals surface area contributed by atoms with Crippen LogP contribution in [0.15, 0.2) is 30.3 Å². The number of benzene rings is 1. The highest BCUT2D eigenvalue weighted by Gasteiger charge is 2.43. The number of amides is 2. The van der Waals surface area contributed by atoms with Crippen LogP contribution in [-0.2, 0) is 35.8 Å². The maximum absolute atomic E-state index is 12.8. The molecule has 0 spiro atoms. The highest BCUT2D eigenvalue weighted by Crippen LogP contribution is 2.41. The van der Waals surface area contributed by atoms with Gasteiger partial charge >= 0.3 is 0 Å². The van der Waals surface area contributed by atoms with E-state index in [4.69, 9.17) is 13.7 Å². The van der Waals surface area contributed by atoms with Crippen molar-refractivity contribution in [3.8, 4) is 11.1 Å². The van der Waals surface area contributed by atoms with Crippen LogP contribution in [0.2, 0.25) is 0 Å². The van der Waals surface area contributed by atoms with Crippen LogP contribution in [0, 0.1) is 0 Å². The monoisotopic (exact) mass is 661 g/mol. The summed E-state index contributed by atoms with van der Waals surface area (Å²) < 4.78 is 95.5. The molecule has 2 aromatic rings. The van der Waals surface area contributed by atoms with E-state index in [0.29, 0.717) is 17.7 Å². The standard InChI is InChI=1S/C25H32N4O11S3/c1-16-25(2,3)19-13-17(5-6-22(19)29(16)9-4-10-41(32,33)34)18-14-20(23(30)26-7-11-42(35,36)37)28-21(15-18)24(31)27-8-12-43(38,39)40/h5-6,13-15H,4,7-12H2,1-3H3,(H4-,26,27,30,31,32,33,34,35,36,37,38,39,40)/p+1. The van der Waals surface area contributed by atoms with Gasteiger partial charge in [-0.05, 0) is 49.2 Å². The quantitative estimate of drug-likeness (QED) is 0.147. The van der Waals surface area contributed by atoms with Crippen molar-refractivity contribution in [1.29, 1.82) is 0 Å². The second-order valence-electron chi connectivity index (χ2n) is 10.4. The SMILES string of the molecule is CC1=[N+](CCCS(=O)(=O)O)c2ccc(-c3cc(C(=O)NCCS(=O)(=O)O)nc(C(=O)NCCS(=O)(=O)O)c3)cc2C1(C)C. The van der Waals surface area contributed by atoms with Crippen LogP contribution in [0.4, 0.5) is 5.69 Å². The van der Waals surface area contributed by atoms with Gasteiger partial charge in [0.1, 0.15) is 17.9 Å². The minimum atomic E-state index is -4.35. The molecule has 0 saturated carbocycles. The van der Waals surface area contributed by atoms with Gasteiger partial charge in [-0.3, -0.25) is 23.2 Å². The molecule has 0 aliphatic carbocycles. The molecule has 3 rings (SSSR count). The summed E-state index contributed by atoms with van der Waals surface area (Å²) in [6.07, 6.45) is 0.184. The van der Waals surface area contributed by atoms with Crippen molar-refractivity contribution >= 4 is 53.6 Å². The number of nitrogens with one attached hydrogen (secondary N) is 2. The van der Waals surface area contributed by atoms with E-state index in [9.17, 15) is 34.8 Å². The first-order valence-electron chi connectivity index (χ1n) is 12.9. The first-order chi connectivity index (χ1) is 19.7. The molecule has 0 unspecified atom stereocenters. The number of pyridine rings is 1. The number of nitrogens with zero attached hydrogens (tertiary/aromatic N) is 2. The molecule has 0 atom stereocenters. The molecule has 2 heterocycles. The molecular weight excluding hydrogens is 628 g/mol. The van der Waals surface area contributed by atoms with Crippen molar-refractivity contribution in [3.63, 3.8) is 0 Å². The number of carbonyl (C=O) groups is 2. The predicted molar refractivity (Wildman–Crippen MR) is 157 cm³/mol. The van der Waals surface area contributed by atoms with Gasteiger partial charge in [0, 0.05) is 38.1 Å². The Balaban J connectivity index is 2.00. The summed E-state index contributed by atoms with van der Waals surface area (Å²) in [7, 11) is -12.8. The summed E-state index contributed by atoms with van der Waals surface area (Å²) in [5, 5.41) is 4.61. The Morgan fingerprint density at radius 2 is 1.28 bits per heavy atom. The molecule has 0 radical (unpaired) electrons. The van der Waals surface area contributed by atoms with Gasteiger partial charge in [0.15, 0.2) is 5.71 Å². The highest BCUT2D eigenvalue weighted by atomic mass is 32.2. The van der Waals surface area contributed by atoms with Gasteiger partial charge < -0.3 is 10.6 Å². The lowest BCUT2D eigenvalue weighted by molar-refractivity contribution is -0.438. The fraction of sp³-hybridized carbons (Fsp3) is 0.440. The average Bonchev–Trinajstić information content (AvgIpc) is 3.06. The van der Waals surface area contributed by atoms with Crippen LogP contribution in [-0.4, -0.2) is 103 Å². The Labute approximate surface area is 249 Å². The number of aromatic nitrogens is 1. The van der Waals surface area contributed by atoms with E-state index in [1.165, 1.54) is 12.1 Å². The lowest BCUT2D eigenvalue weighted by Crippen LogP contribution is -2.32. The minimum absolute atomic E-state index is 0.184. The van der Waals surface area contributed by atoms with Crippen LogP contribution in [0.1, 0.15) is 53.7 Å². The molecule has 0 fully saturated rings. The zero-order valence-electron chi connectivity index (χ0n) is 23.6. The Hall–Kier alpha value is -3.29. The molecule has 1 aromatic carbocycles. The number of fused-ring (bicyclic) bond motifs is 1. The Bertz CT molecular complexity index is 1730. The lowest BCUT2D eigenvalue weighted by Gasteiger charge is -2.16. The molecular formula is C25H33N4O11S3+. The third-order valence-corrected chi connectivity index (χ3v) is 9.21. The fourth-order valence-electron chi connectivity index (χ4n) is 4.56. The lowest BCUT2D eigenvalue weighted by atomic mass is 9.81. The van der Waals surface area contributed by atoms with E-state index in [1.54, 1.807) is 12.1 Å². The first kappa shape index (κ1) is 34.2. The van der Waals surface area contributed by atoms with Crippen molar-refractivity contribution in [3.05, 3.63) is 47.3 Å². The number of hydrogen-bond donors (Lipinski definition) is 5. The third kappa shape index (κ3) is 9.35. The van der Waals surface area contributed by atoms with Crippen molar-refractivity contribution in [2.75, 3.05) is 36.9 Å². The Morgan fingerprint density at radius 1 is 0.791 bits per heavy atom. The first-order valence-corrected chi connectivity index (χ1v) is 17.7. The smallest absolute Gasteiger partial charge is 0.269 e. The highest BCUT2D eigenvalue weighted by molar-refractivity contribution is 7.86. The van der Waals surface area contributed by atoms with Crippen LogP contribution in [0.3, 0.4) is 0 Å². The second kappa shape index (κ2) is 12.7. The molecule has 0 bridgehead atoms. The number of carbonyl (C=O) groups excluding carboxylic acids is 2.